The Bertz CT molecular complexity index is 1770. The number of benzene rings is 5. The van der Waals surface area contributed by atoms with Gasteiger partial charge < -0.3 is 0 Å². The van der Waals surface area contributed by atoms with E-state index in [-0.39, 0.29) is 5.41 Å². The fourth-order valence-corrected chi connectivity index (χ4v) is 6.53. The molecule has 7 rings (SSSR count). The fraction of sp³-hybridized carbons (Fsp3) is 0.139. The SMILES string of the molecule is CCC1(CC)c2ccccc2-c2cc(-c3nc4ccccc4n3-c3ccc(-c4ccccc4)cc3)ccc21. The molecule has 0 saturated heterocycles. The summed E-state index contributed by atoms with van der Waals surface area (Å²) in [6.45, 7) is 4.64. The van der Waals surface area contributed by atoms with Crippen LogP contribution in [0.2, 0.25) is 0 Å². The van der Waals surface area contributed by atoms with Crippen molar-refractivity contribution >= 4 is 11.0 Å². The van der Waals surface area contributed by atoms with E-state index in [0.29, 0.717) is 0 Å². The minimum absolute atomic E-state index is 0.0812. The molecule has 0 N–H and O–H groups in total. The summed E-state index contributed by atoms with van der Waals surface area (Å²) in [5.41, 5.74) is 12.5. The van der Waals surface area contributed by atoms with E-state index in [1.54, 1.807) is 0 Å². The molecule has 0 saturated carbocycles. The van der Waals surface area contributed by atoms with Gasteiger partial charge in [-0.3, -0.25) is 4.57 Å². The summed E-state index contributed by atoms with van der Waals surface area (Å²) in [4.78, 5) is 5.16. The Balaban J connectivity index is 1.41. The zero-order valence-corrected chi connectivity index (χ0v) is 21.9. The number of hydrogen-bond donors (Lipinski definition) is 0. The minimum atomic E-state index is 0.0812. The normalized spacial score (nSPS) is 13.4. The molecule has 0 bridgehead atoms. The fourth-order valence-electron chi connectivity index (χ4n) is 6.53. The average Bonchev–Trinajstić information content (AvgIpc) is 3.51. The number of nitrogens with zero attached hydrogens (tertiary/aromatic N) is 2. The third-order valence-corrected chi connectivity index (χ3v) is 8.53. The first kappa shape index (κ1) is 22.7. The molecule has 0 spiro atoms. The Morgan fingerprint density at radius 1 is 0.579 bits per heavy atom. The third-order valence-electron chi connectivity index (χ3n) is 8.53. The van der Waals surface area contributed by atoms with Gasteiger partial charge >= 0.3 is 0 Å². The smallest absolute Gasteiger partial charge is 0.145 e. The van der Waals surface area contributed by atoms with Crippen molar-refractivity contribution in [1.82, 2.24) is 9.55 Å². The molecule has 38 heavy (non-hydrogen) atoms. The van der Waals surface area contributed by atoms with Crippen LogP contribution in [0.1, 0.15) is 37.8 Å². The van der Waals surface area contributed by atoms with Gasteiger partial charge in [-0.15, -0.1) is 0 Å². The lowest BCUT2D eigenvalue weighted by Crippen LogP contribution is -2.22. The highest BCUT2D eigenvalue weighted by Crippen LogP contribution is 2.53. The Hall–Kier alpha value is -4.43. The van der Waals surface area contributed by atoms with Crippen LogP contribution in [-0.4, -0.2) is 9.55 Å². The van der Waals surface area contributed by atoms with Crippen molar-refractivity contribution in [3.8, 4) is 39.3 Å². The second-order valence-electron chi connectivity index (χ2n) is 10.3. The molecule has 2 heteroatoms. The van der Waals surface area contributed by atoms with Crippen LogP contribution in [0.15, 0.2) is 121 Å². The molecule has 6 aromatic rings. The van der Waals surface area contributed by atoms with E-state index in [1.165, 1.54) is 33.4 Å². The number of aromatic nitrogens is 2. The average molecular weight is 491 g/mol. The van der Waals surface area contributed by atoms with Crippen molar-refractivity contribution in [2.45, 2.75) is 32.1 Å². The van der Waals surface area contributed by atoms with Gasteiger partial charge in [0.15, 0.2) is 0 Å². The van der Waals surface area contributed by atoms with Gasteiger partial charge in [0.25, 0.3) is 0 Å². The Morgan fingerprint density at radius 3 is 2.00 bits per heavy atom. The van der Waals surface area contributed by atoms with Crippen LogP contribution in [0.5, 0.6) is 0 Å². The van der Waals surface area contributed by atoms with Gasteiger partial charge in [-0.2, -0.15) is 0 Å². The van der Waals surface area contributed by atoms with Crippen LogP contribution < -0.4 is 0 Å². The predicted octanol–water partition coefficient (Wildman–Crippen LogP) is 9.45. The zero-order chi connectivity index (χ0) is 25.7. The van der Waals surface area contributed by atoms with E-state index in [2.05, 4.69) is 140 Å². The molecular formula is C36H30N2. The molecule has 1 aliphatic carbocycles. The number of imidazole rings is 1. The van der Waals surface area contributed by atoms with Crippen LogP contribution in [0.3, 0.4) is 0 Å². The van der Waals surface area contributed by atoms with Gasteiger partial charge in [-0.05, 0) is 76.6 Å². The van der Waals surface area contributed by atoms with Gasteiger partial charge in [0.2, 0.25) is 0 Å². The van der Waals surface area contributed by atoms with Crippen molar-refractivity contribution in [2.24, 2.45) is 0 Å². The largest absolute Gasteiger partial charge is 0.292 e. The summed E-state index contributed by atoms with van der Waals surface area (Å²) >= 11 is 0. The van der Waals surface area contributed by atoms with Crippen LogP contribution >= 0.6 is 0 Å². The van der Waals surface area contributed by atoms with E-state index < -0.39 is 0 Å². The van der Waals surface area contributed by atoms with Gasteiger partial charge in [0.05, 0.1) is 11.0 Å². The summed E-state index contributed by atoms with van der Waals surface area (Å²) in [5, 5.41) is 0. The first-order valence-electron chi connectivity index (χ1n) is 13.6. The maximum atomic E-state index is 5.16. The van der Waals surface area contributed by atoms with Crippen LogP contribution in [-0.2, 0) is 5.41 Å². The highest BCUT2D eigenvalue weighted by atomic mass is 15.1. The summed E-state index contributed by atoms with van der Waals surface area (Å²) in [5.74, 6) is 0.976. The van der Waals surface area contributed by atoms with E-state index in [0.717, 1.165) is 41.0 Å². The Kier molecular flexibility index (Phi) is 5.30. The van der Waals surface area contributed by atoms with Gasteiger partial charge in [-0.25, -0.2) is 4.98 Å². The topological polar surface area (TPSA) is 17.8 Å². The molecule has 0 amide bonds. The van der Waals surface area contributed by atoms with Crippen molar-refractivity contribution in [1.29, 1.82) is 0 Å². The lowest BCUT2D eigenvalue weighted by Gasteiger charge is -2.29. The molecule has 0 aliphatic heterocycles. The lowest BCUT2D eigenvalue weighted by molar-refractivity contribution is 0.490. The summed E-state index contributed by atoms with van der Waals surface area (Å²) in [6.07, 6.45) is 2.19. The monoisotopic (exact) mass is 490 g/mol. The molecule has 0 atom stereocenters. The molecule has 0 unspecified atom stereocenters. The van der Waals surface area contributed by atoms with Gasteiger partial charge in [0, 0.05) is 16.7 Å². The van der Waals surface area contributed by atoms with Crippen molar-refractivity contribution in [2.75, 3.05) is 0 Å². The third kappa shape index (κ3) is 3.30. The second kappa shape index (κ2) is 8.85. The molecule has 184 valence electrons. The second-order valence-corrected chi connectivity index (χ2v) is 10.3. The number of rotatable bonds is 5. The van der Waals surface area contributed by atoms with Gasteiger partial charge in [-0.1, -0.05) is 105 Å². The standard InChI is InChI=1S/C36H30N2/c1-3-36(4-2)31-15-9-8-14-29(31)30-24-27(20-23-32(30)36)35-37-33-16-10-11-17-34(33)38(35)28-21-18-26(19-22-28)25-12-6-5-7-13-25/h5-24H,3-4H2,1-2H3. The van der Waals surface area contributed by atoms with Crippen LogP contribution in [0.4, 0.5) is 0 Å². The van der Waals surface area contributed by atoms with Gasteiger partial charge in [0.1, 0.15) is 5.82 Å². The lowest BCUT2D eigenvalue weighted by atomic mass is 9.74. The van der Waals surface area contributed by atoms with E-state index in [4.69, 9.17) is 4.98 Å². The molecule has 0 fully saturated rings. The predicted molar refractivity (Wildman–Crippen MR) is 159 cm³/mol. The first-order chi connectivity index (χ1) is 18.7. The molecular weight excluding hydrogens is 460 g/mol. The van der Waals surface area contributed by atoms with Crippen LogP contribution in [0.25, 0.3) is 50.4 Å². The highest BCUT2D eigenvalue weighted by Gasteiger charge is 2.40. The molecule has 2 nitrogen and oxygen atoms in total. The van der Waals surface area contributed by atoms with E-state index in [9.17, 15) is 0 Å². The molecule has 1 aromatic heterocycles. The zero-order valence-electron chi connectivity index (χ0n) is 21.9. The van der Waals surface area contributed by atoms with Crippen LogP contribution in [0, 0.1) is 0 Å². The number of hydrogen-bond acceptors (Lipinski definition) is 1. The summed E-state index contributed by atoms with van der Waals surface area (Å²) < 4.78 is 2.31. The highest BCUT2D eigenvalue weighted by molar-refractivity contribution is 5.87. The Morgan fingerprint density at radius 2 is 1.21 bits per heavy atom. The molecule has 0 radical (unpaired) electrons. The quantitative estimate of drug-likeness (QED) is 0.235. The number of para-hydroxylation sites is 2. The molecule has 1 aliphatic rings. The van der Waals surface area contributed by atoms with Crippen molar-refractivity contribution in [3.05, 3.63) is 132 Å². The maximum Gasteiger partial charge on any atom is 0.145 e. The Labute approximate surface area is 224 Å². The molecule has 5 aromatic carbocycles. The van der Waals surface area contributed by atoms with E-state index >= 15 is 0 Å². The summed E-state index contributed by atoms with van der Waals surface area (Å²) in [7, 11) is 0. The van der Waals surface area contributed by atoms with Crippen molar-refractivity contribution < 1.29 is 0 Å². The number of fused-ring (bicyclic) bond motifs is 4. The molecule has 1 heterocycles. The first-order valence-corrected chi connectivity index (χ1v) is 13.6. The van der Waals surface area contributed by atoms with E-state index in [1.807, 2.05) is 0 Å². The minimum Gasteiger partial charge on any atom is -0.292 e. The maximum absolute atomic E-state index is 5.16. The van der Waals surface area contributed by atoms with Crippen molar-refractivity contribution in [3.63, 3.8) is 0 Å². The summed E-state index contributed by atoms with van der Waals surface area (Å²) in [6, 6.07) is 43.8.